The Balaban J connectivity index is 2.08. The summed E-state index contributed by atoms with van der Waals surface area (Å²) < 4.78 is 6.18. The minimum Gasteiger partial charge on any atom is -0.469 e. The molecule has 2 rings (SSSR count). The predicted molar refractivity (Wildman–Crippen MR) is 71.3 cm³/mol. The predicted octanol–water partition coefficient (Wildman–Crippen LogP) is 3.68. The van der Waals surface area contributed by atoms with Gasteiger partial charge < -0.3 is 9.32 Å². The first-order valence-corrected chi connectivity index (χ1v) is 6.72. The minimum atomic E-state index is 0.0290. The molecule has 3 nitrogen and oxygen atoms in total. The van der Waals surface area contributed by atoms with Gasteiger partial charge in [0.05, 0.1) is 14.9 Å². The molecule has 0 aliphatic rings. The summed E-state index contributed by atoms with van der Waals surface area (Å²) in [6, 6.07) is 5.61. The topological polar surface area (TPSA) is 33.5 Å². The lowest BCUT2D eigenvalue weighted by molar-refractivity contribution is 0.0789. The smallest absolute Gasteiger partial charge is 0.264 e. The maximum atomic E-state index is 12.1. The van der Waals surface area contributed by atoms with E-state index in [9.17, 15) is 4.79 Å². The van der Waals surface area contributed by atoms with Crippen LogP contribution in [0.4, 0.5) is 0 Å². The molecule has 0 fully saturated rings. The van der Waals surface area contributed by atoms with Crippen LogP contribution < -0.4 is 0 Å². The molecule has 2 aromatic rings. The summed E-state index contributed by atoms with van der Waals surface area (Å²) in [6.45, 7) is 2.46. The molecule has 0 atom stereocenters. The zero-order chi connectivity index (χ0) is 12.4. The van der Waals surface area contributed by atoms with Crippen LogP contribution in [-0.4, -0.2) is 17.9 Å². The van der Waals surface area contributed by atoms with Crippen LogP contribution in [0.3, 0.4) is 0 Å². The van der Waals surface area contributed by atoms with Crippen molar-refractivity contribution in [2.75, 3.05) is 7.05 Å². The summed E-state index contributed by atoms with van der Waals surface area (Å²) in [7, 11) is 1.79. The number of carbonyl (C=O) groups is 1. The van der Waals surface area contributed by atoms with Crippen molar-refractivity contribution in [1.29, 1.82) is 0 Å². The van der Waals surface area contributed by atoms with Gasteiger partial charge in [-0.1, -0.05) is 0 Å². The van der Waals surface area contributed by atoms with Crippen molar-refractivity contribution in [1.82, 2.24) is 4.90 Å². The second-order valence-electron chi connectivity index (χ2n) is 3.77. The number of halogens is 1. The van der Waals surface area contributed by atoms with Crippen molar-refractivity contribution in [2.45, 2.75) is 13.5 Å². The van der Waals surface area contributed by atoms with E-state index < -0.39 is 0 Å². The molecule has 5 heteroatoms. The SMILES string of the molecule is Cc1occc1CN(C)C(=O)c1ccc(Br)s1. The van der Waals surface area contributed by atoms with Crippen molar-refractivity contribution < 1.29 is 9.21 Å². The Morgan fingerprint density at radius 3 is 2.76 bits per heavy atom. The zero-order valence-electron chi connectivity index (χ0n) is 9.57. The van der Waals surface area contributed by atoms with Gasteiger partial charge in [-0.2, -0.15) is 0 Å². The number of nitrogens with zero attached hydrogens (tertiary/aromatic N) is 1. The van der Waals surface area contributed by atoms with Gasteiger partial charge in [-0.15, -0.1) is 11.3 Å². The van der Waals surface area contributed by atoms with Gasteiger partial charge in [0.2, 0.25) is 0 Å². The molecular weight excluding hydrogens is 302 g/mol. The van der Waals surface area contributed by atoms with Crippen LogP contribution in [0.1, 0.15) is 21.0 Å². The van der Waals surface area contributed by atoms with Crippen molar-refractivity contribution in [2.24, 2.45) is 0 Å². The number of furan rings is 1. The molecule has 2 aromatic heterocycles. The molecule has 0 N–H and O–H groups in total. The van der Waals surface area contributed by atoms with E-state index in [2.05, 4.69) is 15.9 Å². The molecule has 0 aliphatic carbocycles. The fourth-order valence-corrected chi connectivity index (χ4v) is 2.90. The van der Waals surface area contributed by atoms with E-state index in [0.717, 1.165) is 20.0 Å². The third-order valence-corrected chi connectivity index (χ3v) is 4.12. The highest BCUT2D eigenvalue weighted by molar-refractivity contribution is 9.11. The molecule has 0 radical (unpaired) electrons. The van der Waals surface area contributed by atoms with Gasteiger partial charge in [0.1, 0.15) is 5.76 Å². The molecule has 90 valence electrons. The lowest BCUT2D eigenvalue weighted by atomic mass is 10.2. The second kappa shape index (κ2) is 5.06. The van der Waals surface area contributed by atoms with Gasteiger partial charge in [0.25, 0.3) is 5.91 Å². The molecule has 2 heterocycles. The van der Waals surface area contributed by atoms with Crippen molar-refractivity contribution in [3.05, 3.63) is 44.4 Å². The number of aryl methyl sites for hydroxylation is 1. The number of hydrogen-bond donors (Lipinski definition) is 0. The third-order valence-electron chi connectivity index (χ3n) is 2.50. The summed E-state index contributed by atoms with van der Waals surface area (Å²) in [5, 5.41) is 0. The Labute approximate surface area is 112 Å². The molecule has 0 saturated heterocycles. The van der Waals surface area contributed by atoms with Crippen molar-refractivity contribution >= 4 is 33.2 Å². The first-order chi connectivity index (χ1) is 8.08. The largest absolute Gasteiger partial charge is 0.469 e. The van der Waals surface area contributed by atoms with E-state index in [1.165, 1.54) is 11.3 Å². The molecule has 0 unspecified atom stereocenters. The lowest BCUT2D eigenvalue weighted by Crippen LogP contribution is -2.25. The Hall–Kier alpha value is -1.07. The molecular formula is C12H12BrNO2S. The van der Waals surface area contributed by atoms with Crippen LogP contribution in [0.2, 0.25) is 0 Å². The third kappa shape index (κ3) is 2.79. The number of thiophene rings is 1. The van der Waals surface area contributed by atoms with E-state index >= 15 is 0 Å². The Bertz CT molecular complexity index is 532. The number of carbonyl (C=O) groups excluding carboxylic acids is 1. The maximum absolute atomic E-state index is 12.1. The Morgan fingerprint density at radius 1 is 1.47 bits per heavy atom. The van der Waals surface area contributed by atoms with Crippen LogP contribution in [0.5, 0.6) is 0 Å². The summed E-state index contributed by atoms with van der Waals surface area (Å²) in [6.07, 6.45) is 1.64. The number of amides is 1. The van der Waals surface area contributed by atoms with Crippen LogP contribution in [0.25, 0.3) is 0 Å². The van der Waals surface area contributed by atoms with E-state index in [1.54, 1.807) is 18.2 Å². The number of rotatable bonds is 3. The molecule has 17 heavy (non-hydrogen) atoms. The number of hydrogen-bond acceptors (Lipinski definition) is 3. The van der Waals surface area contributed by atoms with Crippen LogP contribution in [-0.2, 0) is 6.54 Å². The summed E-state index contributed by atoms with van der Waals surface area (Å²) >= 11 is 4.80. The summed E-state index contributed by atoms with van der Waals surface area (Å²) in [5.41, 5.74) is 1.04. The molecule has 0 saturated carbocycles. The zero-order valence-corrected chi connectivity index (χ0v) is 12.0. The van der Waals surface area contributed by atoms with Crippen molar-refractivity contribution in [3.63, 3.8) is 0 Å². The van der Waals surface area contributed by atoms with Gasteiger partial charge in [0, 0.05) is 19.2 Å². The first-order valence-electron chi connectivity index (χ1n) is 5.11. The monoisotopic (exact) mass is 313 g/mol. The summed E-state index contributed by atoms with van der Waals surface area (Å²) in [5.74, 6) is 0.887. The Morgan fingerprint density at radius 2 is 2.24 bits per heavy atom. The average molecular weight is 314 g/mol. The van der Waals surface area contributed by atoms with Gasteiger partial charge in [-0.3, -0.25) is 4.79 Å². The molecule has 0 aromatic carbocycles. The first kappa shape index (κ1) is 12.4. The lowest BCUT2D eigenvalue weighted by Gasteiger charge is -2.15. The van der Waals surface area contributed by atoms with E-state index in [4.69, 9.17) is 4.42 Å². The Kier molecular flexibility index (Phi) is 3.69. The molecule has 0 bridgehead atoms. The fourth-order valence-electron chi connectivity index (χ4n) is 1.52. The standard InChI is InChI=1S/C12H12BrNO2S/c1-8-9(5-6-16-8)7-14(2)12(15)10-3-4-11(13)17-10/h3-6H,7H2,1-2H3. The summed E-state index contributed by atoms with van der Waals surface area (Å²) in [4.78, 5) is 14.5. The molecule has 1 amide bonds. The highest BCUT2D eigenvalue weighted by Crippen LogP contribution is 2.23. The highest BCUT2D eigenvalue weighted by Gasteiger charge is 2.15. The molecule has 0 aliphatic heterocycles. The second-order valence-corrected chi connectivity index (χ2v) is 6.23. The highest BCUT2D eigenvalue weighted by atomic mass is 79.9. The van der Waals surface area contributed by atoms with Crippen LogP contribution in [0, 0.1) is 6.92 Å². The van der Waals surface area contributed by atoms with Gasteiger partial charge in [0.15, 0.2) is 0 Å². The van der Waals surface area contributed by atoms with Gasteiger partial charge in [-0.05, 0) is 41.1 Å². The normalized spacial score (nSPS) is 10.5. The maximum Gasteiger partial charge on any atom is 0.264 e. The van der Waals surface area contributed by atoms with E-state index in [1.807, 2.05) is 25.1 Å². The van der Waals surface area contributed by atoms with Gasteiger partial charge in [-0.25, -0.2) is 0 Å². The minimum absolute atomic E-state index is 0.0290. The van der Waals surface area contributed by atoms with Crippen LogP contribution in [0.15, 0.2) is 32.7 Å². The quantitative estimate of drug-likeness (QED) is 0.866. The van der Waals surface area contributed by atoms with Gasteiger partial charge >= 0.3 is 0 Å². The van der Waals surface area contributed by atoms with E-state index in [0.29, 0.717) is 6.54 Å². The van der Waals surface area contributed by atoms with Crippen LogP contribution >= 0.6 is 27.3 Å². The van der Waals surface area contributed by atoms with E-state index in [-0.39, 0.29) is 5.91 Å². The fraction of sp³-hybridized carbons (Fsp3) is 0.250. The average Bonchev–Trinajstić information content (AvgIpc) is 2.88. The van der Waals surface area contributed by atoms with Crippen molar-refractivity contribution in [3.8, 4) is 0 Å². The molecule has 0 spiro atoms.